The number of aromatic nitrogens is 1. The van der Waals surface area contributed by atoms with E-state index in [9.17, 15) is 0 Å². The van der Waals surface area contributed by atoms with Crippen molar-refractivity contribution in [2.24, 2.45) is 0 Å². The number of hydrogen-bond donors (Lipinski definition) is 0. The van der Waals surface area contributed by atoms with Gasteiger partial charge >= 0.3 is 0 Å². The van der Waals surface area contributed by atoms with Crippen molar-refractivity contribution in [3.8, 4) is 0 Å². The Bertz CT molecular complexity index is 275. The second-order valence-electron chi connectivity index (χ2n) is 3.18. The van der Waals surface area contributed by atoms with E-state index in [-0.39, 0.29) is 0 Å². The summed E-state index contributed by atoms with van der Waals surface area (Å²) in [6.45, 7) is 4.37. The van der Waals surface area contributed by atoms with Crippen LogP contribution in [0.3, 0.4) is 0 Å². The molecule has 0 bridgehead atoms. The lowest BCUT2D eigenvalue weighted by Crippen LogP contribution is -2.28. The van der Waals surface area contributed by atoms with E-state index in [1.165, 1.54) is 0 Å². The van der Waals surface area contributed by atoms with Gasteiger partial charge in [-0.1, -0.05) is 6.92 Å². The quantitative estimate of drug-likeness (QED) is 0.810. The Hall–Kier alpha value is -0.570. The monoisotopic (exact) mass is 242 g/mol. The van der Waals surface area contributed by atoms with Crippen LogP contribution in [-0.4, -0.2) is 18.1 Å². The van der Waals surface area contributed by atoms with Crippen LogP contribution in [0.15, 0.2) is 22.8 Å². The molecule has 1 atom stereocenters. The minimum atomic E-state index is 0.520. The van der Waals surface area contributed by atoms with Crippen molar-refractivity contribution in [2.75, 3.05) is 11.9 Å². The van der Waals surface area contributed by atoms with E-state index in [2.05, 4.69) is 46.7 Å². The molecule has 72 valence electrons. The first-order valence-corrected chi connectivity index (χ1v) is 5.29. The second-order valence-corrected chi connectivity index (χ2v) is 4.03. The third-order valence-electron chi connectivity index (χ3n) is 2.33. The molecule has 3 heteroatoms. The fourth-order valence-electron chi connectivity index (χ4n) is 1.12. The molecule has 0 radical (unpaired) electrons. The van der Waals surface area contributed by atoms with Crippen LogP contribution in [0.2, 0.25) is 0 Å². The Morgan fingerprint density at radius 3 is 2.85 bits per heavy atom. The molecule has 1 rings (SSSR count). The van der Waals surface area contributed by atoms with Crippen molar-refractivity contribution in [1.29, 1.82) is 0 Å². The molecule has 0 aliphatic rings. The summed E-state index contributed by atoms with van der Waals surface area (Å²) in [7, 11) is 2.07. The highest BCUT2D eigenvalue weighted by Crippen LogP contribution is 2.23. The first-order chi connectivity index (χ1) is 6.16. The van der Waals surface area contributed by atoms with E-state index in [1.807, 2.05) is 18.3 Å². The van der Waals surface area contributed by atoms with Crippen LogP contribution in [0.1, 0.15) is 20.3 Å². The summed E-state index contributed by atoms with van der Waals surface area (Å²) in [5.41, 5.74) is 0. The highest BCUT2D eigenvalue weighted by atomic mass is 79.9. The van der Waals surface area contributed by atoms with Crippen LogP contribution in [0.5, 0.6) is 0 Å². The zero-order valence-corrected chi connectivity index (χ0v) is 9.87. The van der Waals surface area contributed by atoms with Gasteiger partial charge in [-0.15, -0.1) is 0 Å². The normalized spacial score (nSPS) is 12.6. The molecule has 1 aromatic heterocycles. The number of nitrogens with zero attached hydrogens (tertiary/aromatic N) is 2. The van der Waals surface area contributed by atoms with Crippen LogP contribution >= 0.6 is 15.9 Å². The second kappa shape index (κ2) is 4.61. The number of pyridine rings is 1. The third kappa shape index (κ3) is 2.44. The summed E-state index contributed by atoms with van der Waals surface area (Å²) in [6, 6.07) is 4.46. The Morgan fingerprint density at radius 1 is 1.62 bits per heavy atom. The Labute approximate surface area is 88.1 Å². The highest BCUT2D eigenvalue weighted by molar-refractivity contribution is 9.10. The average Bonchev–Trinajstić information content (AvgIpc) is 2.16. The molecule has 0 aliphatic carbocycles. The predicted octanol–water partition coefficient (Wildman–Crippen LogP) is 3.08. The van der Waals surface area contributed by atoms with Gasteiger partial charge in [0.1, 0.15) is 5.82 Å². The maximum absolute atomic E-state index is 4.33. The first-order valence-electron chi connectivity index (χ1n) is 4.50. The van der Waals surface area contributed by atoms with E-state index in [4.69, 9.17) is 0 Å². The lowest BCUT2D eigenvalue weighted by Gasteiger charge is -2.25. The van der Waals surface area contributed by atoms with Crippen LogP contribution in [0, 0.1) is 0 Å². The Morgan fingerprint density at radius 2 is 2.31 bits per heavy atom. The van der Waals surface area contributed by atoms with Gasteiger partial charge in [-0.05, 0) is 41.4 Å². The summed E-state index contributed by atoms with van der Waals surface area (Å²) in [4.78, 5) is 6.51. The molecule has 1 unspecified atom stereocenters. The lowest BCUT2D eigenvalue weighted by atomic mass is 10.2. The number of halogens is 1. The SMILES string of the molecule is CCC(C)N(C)c1ncccc1Br. The molecule has 0 amide bonds. The van der Waals surface area contributed by atoms with Crippen LogP contribution in [0.4, 0.5) is 5.82 Å². The molecule has 0 fully saturated rings. The van der Waals surface area contributed by atoms with Crippen molar-refractivity contribution in [3.05, 3.63) is 22.8 Å². The van der Waals surface area contributed by atoms with Crippen LogP contribution in [-0.2, 0) is 0 Å². The molecule has 0 saturated heterocycles. The molecule has 1 aromatic rings. The molecule has 13 heavy (non-hydrogen) atoms. The van der Waals surface area contributed by atoms with Gasteiger partial charge in [0.05, 0.1) is 4.47 Å². The van der Waals surface area contributed by atoms with Crippen molar-refractivity contribution >= 4 is 21.7 Å². The molecule has 0 N–H and O–H groups in total. The van der Waals surface area contributed by atoms with Crippen molar-refractivity contribution in [1.82, 2.24) is 4.98 Å². The van der Waals surface area contributed by atoms with Gasteiger partial charge in [-0.25, -0.2) is 4.98 Å². The third-order valence-corrected chi connectivity index (χ3v) is 2.94. The largest absolute Gasteiger partial charge is 0.356 e. The fraction of sp³-hybridized carbons (Fsp3) is 0.500. The van der Waals surface area contributed by atoms with Gasteiger partial charge in [0, 0.05) is 19.3 Å². The van der Waals surface area contributed by atoms with Crippen molar-refractivity contribution < 1.29 is 0 Å². The summed E-state index contributed by atoms with van der Waals surface area (Å²) in [5.74, 6) is 1.01. The summed E-state index contributed by atoms with van der Waals surface area (Å²) < 4.78 is 1.05. The van der Waals surface area contributed by atoms with E-state index < -0.39 is 0 Å². The summed E-state index contributed by atoms with van der Waals surface area (Å²) in [6.07, 6.45) is 2.94. The predicted molar refractivity (Wildman–Crippen MR) is 60.1 cm³/mol. The zero-order chi connectivity index (χ0) is 9.84. The number of anilines is 1. The lowest BCUT2D eigenvalue weighted by molar-refractivity contribution is 0.656. The van der Waals surface area contributed by atoms with Crippen LogP contribution < -0.4 is 4.90 Å². The van der Waals surface area contributed by atoms with Crippen molar-refractivity contribution in [2.45, 2.75) is 26.3 Å². The number of rotatable bonds is 3. The molecule has 0 aliphatic heterocycles. The maximum atomic E-state index is 4.33. The molecular formula is C10H15BrN2. The topological polar surface area (TPSA) is 16.1 Å². The molecule has 0 spiro atoms. The number of hydrogen-bond acceptors (Lipinski definition) is 2. The first kappa shape index (κ1) is 10.5. The van der Waals surface area contributed by atoms with Gasteiger partial charge in [0.25, 0.3) is 0 Å². The van der Waals surface area contributed by atoms with E-state index >= 15 is 0 Å². The summed E-state index contributed by atoms with van der Waals surface area (Å²) in [5, 5.41) is 0. The minimum Gasteiger partial charge on any atom is -0.356 e. The molecule has 2 nitrogen and oxygen atoms in total. The minimum absolute atomic E-state index is 0.520. The highest BCUT2D eigenvalue weighted by Gasteiger charge is 2.11. The van der Waals surface area contributed by atoms with Gasteiger partial charge in [0.15, 0.2) is 0 Å². The maximum Gasteiger partial charge on any atom is 0.142 e. The van der Waals surface area contributed by atoms with Crippen molar-refractivity contribution in [3.63, 3.8) is 0 Å². The van der Waals surface area contributed by atoms with Gasteiger partial charge < -0.3 is 4.90 Å². The van der Waals surface area contributed by atoms with E-state index in [0.29, 0.717) is 6.04 Å². The van der Waals surface area contributed by atoms with Gasteiger partial charge in [-0.3, -0.25) is 0 Å². The molecule has 0 saturated carbocycles. The Balaban J connectivity index is 2.88. The molecule has 1 heterocycles. The standard InChI is InChI=1S/C10H15BrN2/c1-4-8(2)13(3)10-9(11)6-5-7-12-10/h5-8H,4H2,1-3H3. The molecular weight excluding hydrogens is 228 g/mol. The average molecular weight is 243 g/mol. The fourth-order valence-corrected chi connectivity index (χ4v) is 1.65. The summed E-state index contributed by atoms with van der Waals surface area (Å²) >= 11 is 3.49. The van der Waals surface area contributed by atoms with Gasteiger partial charge in [-0.2, -0.15) is 0 Å². The Kier molecular flexibility index (Phi) is 3.72. The zero-order valence-electron chi connectivity index (χ0n) is 8.29. The smallest absolute Gasteiger partial charge is 0.142 e. The van der Waals surface area contributed by atoms with E-state index in [1.54, 1.807) is 0 Å². The molecule has 0 aromatic carbocycles. The van der Waals surface area contributed by atoms with E-state index in [0.717, 1.165) is 16.7 Å². The van der Waals surface area contributed by atoms with Crippen LogP contribution in [0.25, 0.3) is 0 Å². The van der Waals surface area contributed by atoms with Gasteiger partial charge in [0.2, 0.25) is 0 Å².